The van der Waals surface area contributed by atoms with Gasteiger partial charge in [0, 0.05) is 18.5 Å². The third kappa shape index (κ3) is 3.20. The number of aryl methyl sites for hydroxylation is 1. The van der Waals surface area contributed by atoms with Crippen LogP contribution in [0.25, 0.3) is 0 Å². The number of anilines is 1. The molecule has 1 unspecified atom stereocenters. The van der Waals surface area contributed by atoms with Gasteiger partial charge in [-0.3, -0.25) is 4.79 Å². The Bertz CT molecular complexity index is 729. The van der Waals surface area contributed by atoms with Crippen molar-refractivity contribution in [1.82, 2.24) is 0 Å². The van der Waals surface area contributed by atoms with Crippen LogP contribution in [-0.2, 0) is 11.2 Å². The second-order valence-corrected chi connectivity index (χ2v) is 6.34. The van der Waals surface area contributed by atoms with E-state index in [1.54, 1.807) is 37.3 Å². The number of methoxy groups -OCH3 is 1. The van der Waals surface area contributed by atoms with Crippen molar-refractivity contribution in [2.75, 3.05) is 19.1 Å². The van der Waals surface area contributed by atoms with E-state index in [4.69, 9.17) is 16.3 Å². The van der Waals surface area contributed by atoms with Gasteiger partial charge in [0.25, 0.3) is 0 Å². The van der Waals surface area contributed by atoms with Crippen LogP contribution in [0.1, 0.15) is 29.9 Å². The van der Waals surface area contributed by atoms with Crippen LogP contribution in [0.4, 0.5) is 5.69 Å². The number of hydrogen-bond donors (Lipinski definition) is 0. The van der Waals surface area contributed by atoms with E-state index in [0.29, 0.717) is 28.8 Å². The predicted molar refractivity (Wildman–Crippen MR) is 93.5 cm³/mol. The molecule has 0 N–H and O–H groups in total. The minimum atomic E-state index is 0.0762. The molecule has 3 nitrogen and oxygen atoms in total. The fraction of sp³-hybridized carbons (Fsp3) is 0.316. The monoisotopic (exact) mass is 329 g/mol. The van der Waals surface area contributed by atoms with Crippen molar-refractivity contribution in [3.8, 4) is 5.75 Å². The largest absolute Gasteiger partial charge is 0.495 e. The Morgan fingerprint density at radius 1 is 1.30 bits per heavy atom. The highest BCUT2D eigenvalue weighted by Crippen LogP contribution is 2.37. The third-order valence-electron chi connectivity index (χ3n) is 4.55. The zero-order chi connectivity index (χ0) is 16.4. The second kappa shape index (κ2) is 6.63. The number of fused-ring (bicyclic) bond motifs is 1. The van der Waals surface area contributed by atoms with E-state index >= 15 is 0 Å². The van der Waals surface area contributed by atoms with E-state index in [-0.39, 0.29) is 5.91 Å². The highest BCUT2D eigenvalue weighted by atomic mass is 35.5. The summed E-state index contributed by atoms with van der Waals surface area (Å²) in [6, 6.07) is 13.7. The fourth-order valence-electron chi connectivity index (χ4n) is 3.26. The highest BCUT2D eigenvalue weighted by Gasteiger charge is 2.26. The van der Waals surface area contributed by atoms with Gasteiger partial charge in [-0.25, -0.2) is 0 Å². The van der Waals surface area contributed by atoms with E-state index in [2.05, 4.69) is 18.2 Å². The zero-order valence-corrected chi connectivity index (χ0v) is 14.1. The molecule has 0 radical (unpaired) electrons. The fourth-order valence-corrected chi connectivity index (χ4v) is 3.43. The first-order chi connectivity index (χ1) is 11.1. The Hall–Kier alpha value is -2.00. The molecule has 0 bridgehead atoms. The van der Waals surface area contributed by atoms with Gasteiger partial charge in [-0.05, 0) is 48.1 Å². The van der Waals surface area contributed by atoms with E-state index in [1.807, 2.05) is 6.07 Å². The first-order valence-corrected chi connectivity index (χ1v) is 8.16. The molecule has 120 valence electrons. The molecule has 1 aliphatic carbocycles. The summed E-state index contributed by atoms with van der Waals surface area (Å²) in [4.78, 5) is 14.4. The lowest BCUT2D eigenvalue weighted by molar-refractivity contribution is -0.118. The van der Waals surface area contributed by atoms with Crippen molar-refractivity contribution in [2.24, 2.45) is 0 Å². The molecule has 1 amide bonds. The van der Waals surface area contributed by atoms with Gasteiger partial charge in [-0.15, -0.1) is 0 Å². The van der Waals surface area contributed by atoms with Crippen molar-refractivity contribution in [2.45, 2.75) is 25.2 Å². The summed E-state index contributed by atoms with van der Waals surface area (Å²) >= 11 is 6.07. The Balaban J connectivity index is 1.78. The molecule has 1 aliphatic rings. The van der Waals surface area contributed by atoms with Crippen molar-refractivity contribution >= 4 is 23.2 Å². The molecular weight excluding hydrogens is 310 g/mol. The topological polar surface area (TPSA) is 29.5 Å². The number of benzene rings is 2. The van der Waals surface area contributed by atoms with Crippen LogP contribution in [0.15, 0.2) is 42.5 Å². The summed E-state index contributed by atoms with van der Waals surface area (Å²) < 4.78 is 5.35. The van der Waals surface area contributed by atoms with E-state index in [1.165, 1.54) is 11.1 Å². The number of amides is 1. The van der Waals surface area contributed by atoms with Crippen molar-refractivity contribution in [1.29, 1.82) is 0 Å². The normalized spacial score (nSPS) is 16.0. The smallest absolute Gasteiger partial charge is 0.227 e. The summed E-state index contributed by atoms with van der Waals surface area (Å²) in [5.74, 6) is 1.02. The number of rotatable bonds is 4. The Labute approximate surface area is 141 Å². The molecular formula is C19H20ClNO2. The maximum absolute atomic E-state index is 12.7. The molecule has 3 rings (SSSR count). The van der Waals surface area contributed by atoms with Crippen LogP contribution < -0.4 is 9.64 Å². The first kappa shape index (κ1) is 15.9. The first-order valence-electron chi connectivity index (χ1n) is 7.78. The number of carbonyl (C=O) groups is 1. The molecule has 23 heavy (non-hydrogen) atoms. The summed E-state index contributed by atoms with van der Waals surface area (Å²) in [5, 5.41) is 0.590. The Kier molecular flexibility index (Phi) is 4.58. The number of halogens is 1. The van der Waals surface area contributed by atoms with Gasteiger partial charge in [-0.1, -0.05) is 35.9 Å². The van der Waals surface area contributed by atoms with E-state index < -0.39 is 0 Å². The van der Waals surface area contributed by atoms with Gasteiger partial charge < -0.3 is 9.64 Å². The van der Waals surface area contributed by atoms with Crippen LogP contribution >= 0.6 is 11.6 Å². The molecule has 0 fully saturated rings. The lowest BCUT2D eigenvalue weighted by Crippen LogP contribution is -2.27. The lowest BCUT2D eigenvalue weighted by atomic mass is 9.97. The number of hydrogen-bond acceptors (Lipinski definition) is 2. The predicted octanol–water partition coefficient (Wildman–Crippen LogP) is 4.43. The van der Waals surface area contributed by atoms with Gasteiger partial charge in [0.05, 0.1) is 12.8 Å². The number of carbonyl (C=O) groups excluding carboxylic acids is 1. The lowest BCUT2D eigenvalue weighted by Gasteiger charge is -2.22. The summed E-state index contributed by atoms with van der Waals surface area (Å²) in [6.45, 7) is 0. The minimum absolute atomic E-state index is 0.0762. The average Bonchev–Trinajstić information content (AvgIpc) is 2.97. The molecule has 1 atom stereocenters. The van der Waals surface area contributed by atoms with Crippen molar-refractivity contribution < 1.29 is 9.53 Å². The number of ether oxygens (including phenoxy) is 1. The van der Waals surface area contributed by atoms with Gasteiger partial charge in [-0.2, -0.15) is 0 Å². The Morgan fingerprint density at radius 2 is 2.09 bits per heavy atom. The van der Waals surface area contributed by atoms with Crippen LogP contribution in [0.5, 0.6) is 5.75 Å². The summed E-state index contributed by atoms with van der Waals surface area (Å²) in [7, 11) is 3.37. The summed E-state index contributed by atoms with van der Waals surface area (Å²) in [6.07, 6.45) is 2.59. The molecule has 0 heterocycles. The van der Waals surface area contributed by atoms with Crippen LogP contribution in [0, 0.1) is 0 Å². The quantitative estimate of drug-likeness (QED) is 0.830. The standard InChI is InChI=1S/C19H20ClNO2/c1-21(17-12-15(20)9-10-18(17)23-2)19(22)11-14-8-7-13-5-3-4-6-16(13)14/h3-6,9-10,12,14H,7-8,11H2,1-2H3. The molecule has 2 aromatic carbocycles. The average molecular weight is 330 g/mol. The highest BCUT2D eigenvalue weighted by molar-refractivity contribution is 6.31. The van der Waals surface area contributed by atoms with Crippen LogP contribution in [-0.4, -0.2) is 20.1 Å². The molecule has 2 aromatic rings. The summed E-state index contributed by atoms with van der Waals surface area (Å²) in [5.41, 5.74) is 3.39. The van der Waals surface area contributed by atoms with Gasteiger partial charge >= 0.3 is 0 Å². The molecule has 0 saturated carbocycles. The zero-order valence-electron chi connectivity index (χ0n) is 13.4. The van der Waals surface area contributed by atoms with Crippen LogP contribution in [0.3, 0.4) is 0 Å². The molecule has 0 saturated heterocycles. The van der Waals surface area contributed by atoms with Gasteiger partial charge in [0.15, 0.2) is 0 Å². The van der Waals surface area contributed by atoms with Gasteiger partial charge in [0.2, 0.25) is 5.91 Å². The number of nitrogens with zero attached hydrogens (tertiary/aromatic N) is 1. The molecule has 4 heteroatoms. The third-order valence-corrected chi connectivity index (χ3v) is 4.79. The maximum Gasteiger partial charge on any atom is 0.227 e. The minimum Gasteiger partial charge on any atom is -0.495 e. The van der Waals surface area contributed by atoms with E-state index in [0.717, 1.165) is 12.8 Å². The van der Waals surface area contributed by atoms with Gasteiger partial charge in [0.1, 0.15) is 5.75 Å². The van der Waals surface area contributed by atoms with E-state index in [9.17, 15) is 4.79 Å². The molecule has 0 spiro atoms. The second-order valence-electron chi connectivity index (χ2n) is 5.91. The Morgan fingerprint density at radius 3 is 2.87 bits per heavy atom. The molecule has 0 aromatic heterocycles. The van der Waals surface area contributed by atoms with Crippen LogP contribution in [0.2, 0.25) is 5.02 Å². The molecule has 0 aliphatic heterocycles. The maximum atomic E-state index is 12.7. The van der Waals surface area contributed by atoms with Crippen molar-refractivity contribution in [3.05, 3.63) is 58.6 Å². The van der Waals surface area contributed by atoms with Crippen molar-refractivity contribution in [3.63, 3.8) is 0 Å². The SMILES string of the molecule is COc1ccc(Cl)cc1N(C)C(=O)CC1CCc2ccccc21.